The zero-order valence-corrected chi connectivity index (χ0v) is 21.8. The number of rotatable bonds is 6. The number of aliphatic hydroxyl groups excluding tert-OH is 1. The van der Waals surface area contributed by atoms with Crippen molar-refractivity contribution in [1.82, 2.24) is 9.80 Å². The van der Waals surface area contributed by atoms with Crippen molar-refractivity contribution in [2.45, 2.75) is 39.2 Å². The molecule has 7 heteroatoms. The van der Waals surface area contributed by atoms with E-state index >= 15 is 0 Å². The van der Waals surface area contributed by atoms with Gasteiger partial charge in [-0.1, -0.05) is 45.0 Å². The fraction of sp³-hybridized carbons (Fsp3) is 0.448. The molecule has 0 aliphatic carbocycles. The van der Waals surface area contributed by atoms with E-state index < -0.39 is 17.7 Å². The summed E-state index contributed by atoms with van der Waals surface area (Å²) in [5, 5.41) is 11.4. The van der Waals surface area contributed by atoms with Crippen LogP contribution in [-0.4, -0.2) is 73.1 Å². The average Bonchev–Trinajstić information content (AvgIpc) is 3.12. The van der Waals surface area contributed by atoms with Gasteiger partial charge in [0.05, 0.1) is 31.9 Å². The van der Waals surface area contributed by atoms with Gasteiger partial charge in [-0.15, -0.1) is 0 Å². The molecule has 4 rings (SSSR count). The molecular weight excluding hydrogens is 456 g/mol. The average molecular weight is 493 g/mol. The van der Waals surface area contributed by atoms with Gasteiger partial charge in [0.1, 0.15) is 11.5 Å². The van der Waals surface area contributed by atoms with Crippen molar-refractivity contribution in [3.63, 3.8) is 0 Å². The highest BCUT2D eigenvalue weighted by Crippen LogP contribution is 2.40. The first-order valence-electron chi connectivity index (χ1n) is 12.5. The Morgan fingerprint density at radius 2 is 1.72 bits per heavy atom. The molecule has 0 unspecified atom stereocenters. The zero-order valence-electron chi connectivity index (χ0n) is 21.8. The lowest BCUT2D eigenvalue weighted by atomic mass is 9.85. The Labute approximate surface area is 213 Å². The van der Waals surface area contributed by atoms with E-state index in [4.69, 9.17) is 9.47 Å². The molecule has 7 nitrogen and oxygen atoms in total. The number of benzene rings is 2. The van der Waals surface area contributed by atoms with Gasteiger partial charge in [-0.2, -0.15) is 0 Å². The molecule has 0 spiro atoms. The van der Waals surface area contributed by atoms with Gasteiger partial charge in [-0.3, -0.25) is 14.5 Å². The van der Waals surface area contributed by atoms with Gasteiger partial charge >= 0.3 is 0 Å². The van der Waals surface area contributed by atoms with Crippen molar-refractivity contribution in [2.24, 2.45) is 0 Å². The number of carbonyl (C=O) groups is 2. The third-order valence-corrected chi connectivity index (χ3v) is 7.06. The number of hydrogen-bond donors (Lipinski definition) is 1. The molecule has 2 aromatic rings. The quantitative estimate of drug-likeness (QED) is 0.372. The van der Waals surface area contributed by atoms with Gasteiger partial charge in [-0.05, 0) is 47.2 Å². The predicted octanol–water partition coefficient (Wildman–Crippen LogP) is 4.06. The normalized spacial score (nSPS) is 20.7. The number of ketones is 1. The van der Waals surface area contributed by atoms with Crippen molar-refractivity contribution in [3.8, 4) is 5.75 Å². The van der Waals surface area contributed by atoms with Crippen LogP contribution in [0.15, 0.2) is 48.0 Å². The van der Waals surface area contributed by atoms with E-state index in [-0.39, 0.29) is 16.7 Å². The molecule has 1 N–H and O–H groups in total. The molecule has 0 radical (unpaired) electrons. The van der Waals surface area contributed by atoms with Crippen molar-refractivity contribution < 1.29 is 24.2 Å². The molecule has 192 valence electrons. The van der Waals surface area contributed by atoms with Crippen LogP contribution in [0.2, 0.25) is 0 Å². The fourth-order valence-corrected chi connectivity index (χ4v) is 4.88. The summed E-state index contributed by atoms with van der Waals surface area (Å²) in [6.45, 7) is 12.2. The van der Waals surface area contributed by atoms with Crippen LogP contribution in [0.5, 0.6) is 5.75 Å². The summed E-state index contributed by atoms with van der Waals surface area (Å²) in [5.74, 6) is -0.725. The van der Waals surface area contributed by atoms with Crippen LogP contribution in [-0.2, 0) is 19.7 Å². The third kappa shape index (κ3) is 5.18. The van der Waals surface area contributed by atoms with E-state index in [1.54, 1.807) is 30.2 Å². The van der Waals surface area contributed by atoms with Crippen LogP contribution >= 0.6 is 0 Å². The minimum absolute atomic E-state index is 0.0305. The number of morpholine rings is 1. The maximum absolute atomic E-state index is 13.3. The number of hydrogen-bond acceptors (Lipinski definition) is 6. The van der Waals surface area contributed by atoms with E-state index in [0.29, 0.717) is 37.6 Å². The van der Waals surface area contributed by atoms with E-state index in [9.17, 15) is 14.7 Å². The number of aliphatic hydroxyl groups is 1. The van der Waals surface area contributed by atoms with Crippen LogP contribution in [0.1, 0.15) is 49.1 Å². The van der Waals surface area contributed by atoms with Crippen molar-refractivity contribution in [2.75, 3.05) is 46.5 Å². The Kier molecular flexibility index (Phi) is 7.52. The molecule has 0 aromatic heterocycles. The lowest BCUT2D eigenvalue weighted by molar-refractivity contribution is -0.140. The molecule has 1 atom stereocenters. The van der Waals surface area contributed by atoms with E-state index in [2.05, 4.69) is 25.7 Å². The number of carbonyl (C=O) groups excluding carboxylic acids is 2. The minimum atomic E-state index is -0.664. The van der Waals surface area contributed by atoms with Gasteiger partial charge in [-0.25, -0.2) is 0 Å². The van der Waals surface area contributed by atoms with Gasteiger partial charge < -0.3 is 19.5 Å². The summed E-state index contributed by atoms with van der Waals surface area (Å²) in [7, 11) is 1.59. The Bertz CT molecular complexity index is 1160. The van der Waals surface area contributed by atoms with Gasteiger partial charge in [0.15, 0.2) is 0 Å². The van der Waals surface area contributed by atoms with Gasteiger partial charge in [0, 0.05) is 31.7 Å². The van der Waals surface area contributed by atoms with E-state index in [0.717, 1.165) is 29.8 Å². The summed E-state index contributed by atoms with van der Waals surface area (Å²) >= 11 is 0. The Morgan fingerprint density at radius 1 is 1.06 bits per heavy atom. The van der Waals surface area contributed by atoms with Crippen LogP contribution in [0, 0.1) is 6.92 Å². The second-order valence-corrected chi connectivity index (χ2v) is 10.5. The highest BCUT2D eigenvalue weighted by molar-refractivity contribution is 6.46. The molecule has 2 aliphatic rings. The van der Waals surface area contributed by atoms with E-state index in [1.165, 1.54) is 0 Å². The Morgan fingerprint density at radius 3 is 2.31 bits per heavy atom. The zero-order chi connectivity index (χ0) is 26.0. The molecule has 0 saturated carbocycles. The maximum atomic E-state index is 13.3. The highest BCUT2D eigenvalue weighted by atomic mass is 16.5. The van der Waals surface area contributed by atoms with Crippen molar-refractivity contribution in [1.29, 1.82) is 0 Å². The van der Waals surface area contributed by atoms with E-state index in [1.807, 2.05) is 31.2 Å². The molecule has 1 amide bonds. The molecule has 0 bridgehead atoms. The lowest BCUT2D eigenvalue weighted by Gasteiger charge is -2.31. The lowest BCUT2D eigenvalue weighted by Crippen LogP contribution is -2.42. The summed E-state index contributed by atoms with van der Waals surface area (Å²) in [4.78, 5) is 30.4. The predicted molar refractivity (Wildman–Crippen MR) is 139 cm³/mol. The second-order valence-electron chi connectivity index (χ2n) is 10.5. The number of aryl methyl sites for hydroxylation is 1. The van der Waals surface area contributed by atoms with Crippen LogP contribution < -0.4 is 4.74 Å². The summed E-state index contributed by atoms with van der Waals surface area (Å²) < 4.78 is 10.8. The highest BCUT2D eigenvalue weighted by Gasteiger charge is 2.46. The molecule has 2 aliphatic heterocycles. The number of ether oxygens (including phenoxy) is 2. The third-order valence-electron chi connectivity index (χ3n) is 7.06. The van der Waals surface area contributed by atoms with Crippen LogP contribution in [0.4, 0.5) is 0 Å². The SMILES string of the molecule is COc1ccc(C(O)=C2C(=O)C(=O)N(CCN3CCOCC3)[C@H]2c2ccc(C(C)(C)C)cc2)cc1C. The van der Waals surface area contributed by atoms with Gasteiger partial charge in [0.2, 0.25) is 0 Å². The molecule has 2 fully saturated rings. The van der Waals surface area contributed by atoms with Crippen LogP contribution in [0.3, 0.4) is 0 Å². The number of methoxy groups -OCH3 is 1. The number of Topliss-reactive ketones (excluding diaryl/α,β-unsaturated/α-hetero) is 1. The first-order chi connectivity index (χ1) is 17.1. The largest absolute Gasteiger partial charge is 0.507 e. The summed E-state index contributed by atoms with van der Waals surface area (Å²) in [6.07, 6.45) is 0. The fourth-order valence-electron chi connectivity index (χ4n) is 4.88. The number of amides is 1. The monoisotopic (exact) mass is 492 g/mol. The first kappa shape index (κ1) is 25.9. The van der Waals surface area contributed by atoms with Crippen LogP contribution in [0.25, 0.3) is 5.76 Å². The molecule has 2 heterocycles. The maximum Gasteiger partial charge on any atom is 0.295 e. The number of likely N-dealkylation sites (tertiary alicyclic amines) is 1. The van der Waals surface area contributed by atoms with Crippen molar-refractivity contribution >= 4 is 17.4 Å². The topological polar surface area (TPSA) is 79.3 Å². The van der Waals surface area contributed by atoms with Crippen molar-refractivity contribution in [3.05, 3.63) is 70.3 Å². The molecular formula is C29H36N2O5. The second kappa shape index (κ2) is 10.4. The summed E-state index contributed by atoms with van der Waals surface area (Å²) in [6, 6.07) is 12.6. The smallest absolute Gasteiger partial charge is 0.295 e. The number of nitrogens with zero attached hydrogens (tertiary/aromatic N) is 2. The standard InChI is InChI=1S/C29H36N2O5/c1-19-18-21(8-11-23(19)35-5)26(32)24-25(20-6-9-22(10-7-20)29(2,3)4)31(28(34)27(24)33)13-12-30-14-16-36-17-15-30/h6-11,18,25,32H,12-17H2,1-5H3/t25-/m0/s1. The first-order valence-corrected chi connectivity index (χ1v) is 12.5. The molecule has 2 saturated heterocycles. The Balaban J connectivity index is 1.76. The summed E-state index contributed by atoms with van der Waals surface area (Å²) in [5.41, 5.74) is 3.36. The van der Waals surface area contributed by atoms with Gasteiger partial charge in [0.25, 0.3) is 11.7 Å². The molecule has 36 heavy (non-hydrogen) atoms. The molecule has 2 aromatic carbocycles. The Hall–Kier alpha value is -3.16. The minimum Gasteiger partial charge on any atom is -0.507 e.